The van der Waals surface area contributed by atoms with E-state index >= 15 is 0 Å². The fourth-order valence-electron chi connectivity index (χ4n) is 3.36. The Bertz CT molecular complexity index is 660. The highest BCUT2D eigenvalue weighted by atomic mass is 16.5. The molecule has 0 radical (unpaired) electrons. The summed E-state index contributed by atoms with van der Waals surface area (Å²) in [6, 6.07) is 17.1. The third-order valence-electron chi connectivity index (χ3n) is 4.90. The number of hydrogen-bond donors (Lipinski definition) is 1. The van der Waals surface area contributed by atoms with Gasteiger partial charge in [0.15, 0.2) is 6.23 Å². The fraction of sp³-hybridized carbons (Fsp3) is 0.400. The van der Waals surface area contributed by atoms with E-state index in [-0.39, 0.29) is 11.8 Å². The van der Waals surface area contributed by atoms with Crippen molar-refractivity contribution < 1.29 is 4.74 Å². The first-order chi connectivity index (χ1) is 11.1. The number of fused-ring (bicyclic) bond motifs is 1. The first kappa shape index (κ1) is 15.9. The molecule has 0 amide bonds. The zero-order valence-electron chi connectivity index (χ0n) is 14.5. The summed E-state index contributed by atoms with van der Waals surface area (Å²) in [7, 11) is 4.11. The molecule has 0 unspecified atom stereocenters. The second kappa shape index (κ2) is 6.25. The molecule has 0 saturated heterocycles. The number of para-hydroxylation sites is 1. The standard InChI is InChI=1S/C20H26N2O/c1-5-20(6-2)17-9-7-8-10-18(17)21-19(23-20)15-11-13-16(14-12-15)22(3)4/h7-14,19,21H,5-6H2,1-4H3/t19-/m1/s1. The van der Waals surface area contributed by atoms with E-state index in [9.17, 15) is 0 Å². The lowest BCUT2D eigenvalue weighted by molar-refractivity contribution is -0.103. The number of ether oxygens (including phenoxy) is 1. The summed E-state index contributed by atoms with van der Waals surface area (Å²) >= 11 is 0. The molecule has 0 aromatic heterocycles. The van der Waals surface area contributed by atoms with E-state index in [1.807, 2.05) is 0 Å². The van der Waals surface area contributed by atoms with Gasteiger partial charge in [-0.25, -0.2) is 0 Å². The van der Waals surface area contributed by atoms with Gasteiger partial charge < -0.3 is 15.0 Å². The van der Waals surface area contributed by atoms with Crippen molar-refractivity contribution in [2.45, 2.75) is 38.5 Å². The van der Waals surface area contributed by atoms with Gasteiger partial charge in [0.1, 0.15) is 0 Å². The Labute approximate surface area is 139 Å². The van der Waals surface area contributed by atoms with Crippen LogP contribution in [0.2, 0.25) is 0 Å². The summed E-state index contributed by atoms with van der Waals surface area (Å²) in [5.41, 5.74) is 4.60. The van der Waals surface area contributed by atoms with Crippen LogP contribution in [0.1, 0.15) is 44.0 Å². The first-order valence-electron chi connectivity index (χ1n) is 8.41. The number of anilines is 2. The van der Waals surface area contributed by atoms with Crippen LogP contribution in [0, 0.1) is 0 Å². The van der Waals surface area contributed by atoms with Gasteiger partial charge in [-0.3, -0.25) is 0 Å². The Morgan fingerprint density at radius 2 is 1.65 bits per heavy atom. The highest BCUT2D eigenvalue weighted by Crippen LogP contribution is 2.45. The van der Waals surface area contributed by atoms with Crippen LogP contribution in [0.4, 0.5) is 11.4 Å². The molecule has 3 nitrogen and oxygen atoms in total. The minimum Gasteiger partial charge on any atom is -0.378 e. The minimum atomic E-state index is -0.216. The maximum atomic E-state index is 6.56. The molecule has 23 heavy (non-hydrogen) atoms. The average molecular weight is 310 g/mol. The Morgan fingerprint density at radius 3 is 2.26 bits per heavy atom. The Balaban J connectivity index is 1.97. The van der Waals surface area contributed by atoms with Crippen LogP contribution in [0.3, 0.4) is 0 Å². The third kappa shape index (κ3) is 2.81. The largest absolute Gasteiger partial charge is 0.378 e. The smallest absolute Gasteiger partial charge is 0.155 e. The minimum absolute atomic E-state index is 0.110. The van der Waals surface area contributed by atoms with Gasteiger partial charge in [-0.1, -0.05) is 44.2 Å². The molecular weight excluding hydrogens is 284 g/mol. The van der Waals surface area contributed by atoms with Crippen molar-refractivity contribution in [1.82, 2.24) is 0 Å². The summed E-state index contributed by atoms with van der Waals surface area (Å²) in [6.07, 6.45) is 1.82. The van der Waals surface area contributed by atoms with Gasteiger partial charge in [0.25, 0.3) is 0 Å². The molecule has 1 aliphatic rings. The number of nitrogens with zero attached hydrogens (tertiary/aromatic N) is 1. The molecule has 122 valence electrons. The van der Waals surface area contributed by atoms with Crippen molar-refractivity contribution in [2.24, 2.45) is 0 Å². The molecule has 1 atom stereocenters. The van der Waals surface area contributed by atoms with Crippen LogP contribution >= 0.6 is 0 Å². The van der Waals surface area contributed by atoms with Gasteiger partial charge in [-0.05, 0) is 31.0 Å². The van der Waals surface area contributed by atoms with E-state index in [4.69, 9.17) is 4.74 Å². The summed E-state index contributed by atoms with van der Waals surface area (Å²) < 4.78 is 6.56. The van der Waals surface area contributed by atoms with E-state index in [1.54, 1.807) is 0 Å². The predicted octanol–water partition coefficient (Wildman–Crippen LogP) is 4.91. The summed E-state index contributed by atoms with van der Waals surface area (Å²) in [5, 5.41) is 3.55. The maximum absolute atomic E-state index is 6.56. The van der Waals surface area contributed by atoms with Crippen LogP contribution in [-0.2, 0) is 10.3 Å². The van der Waals surface area contributed by atoms with Crippen LogP contribution in [0.25, 0.3) is 0 Å². The molecular formula is C20H26N2O. The number of hydrogen-bond acceptors (Lipinski definition) is 3. The quantitative estimate of drug-likeness (QED) is 0.868. The lowest BCUT2D eigenvalue weighted by atomic mass is 9.85. The van der Waals surface area contributed by atoms with E-state index in [0.29, 0.717) is 0 Å². The highest BCUT2D eigenvalue weighted by molar-refractivity contribution is 5.57. The Morgan fingerprint density at radius 1 is 1.00 bits per heavy atom. The number of nitrogens with one attached hydrogen (secondary N) is 1. The summed E-state index contributed by atoms with van der Waals surface area (Å²) in [4.78, 5) is 2.11. The van der Waals surface area contributed by atoms with Crippen LogP contribution in [-0.4, -0.2) is 14.1 Å². The molecule has 0 aliphatic carbocycles. The van der Waals surface area contributed by atoms with E-state index in [0.717, 1.165) is 18.4 Å². The molecule has 2 aromatic carbocycles. The molecule has 0 spiro atoms. The van der Waals surface area contributed by atoms with Crippen molar-refractivity contribution in [1.29, 1.82) is 0 Å². The predicted molar refractivity (Wildman–Crippen MR) is 96.9 cm³/mol. The monoisotopic (exact) mass is 310 g/mol. The van der Waals surface area contributed by atoms with Crippen LogP contribution in [0.5, 0.6) is 0 Å². The molecule has 3 rings (SSSR count). The molecule has 2 aromatic rings. The van der Waals surface area contributed by atoms with Gasteiger partial charge in [-0.15, -0.1) is 0 Å². The Kier molecular flexibility index (Phi) is 4.31. The Hall–Kier alpha value is -2.00. The molecule has 0 bridgehead atoms. The lowest BCUT2D eigenvalue weighted by Crippen LogP contribution is -2.37. The SMILES string of the molecule is CCC1(CC)O[C@H](c2ccc(N(C)C)cc2)Nc2ccccc21. The molecule has 3 heteroatoms. The van der Waals surface area contributed by atoms with E-state index in [2.05, 4.69) is 86.7 Å². The highest BCUT2D eigenvalue weighted by Gasteiger charge is 2.38. The van der Waals surface area contributed by atoms with Crippen LogP contribution in [0.15, 0.2) is 48.5 Å². The van der Waals surface area contributed by atoms with E-state index in [1.165, 1.54) is 16.9 Å². The molecule has 1 N–H and O–H groups in total. The van der Waals surface area contributed by atoms with Gasteiger partial charge in [0.05, 0.1) is 5.60 Å². The summed E-state index contributed by atoms with van der Waals surface area (Å²) in [6.45, 7) is 4.41. The van der Waals surface area contributed by atoms with Gasteiger partial charge in [-0.2, -0.15) is 0 Å². The molecule has 1 heterocycles. The van der Waals surface area contributed by atoms with Crippen molar-refractivity contribution in [3.05, 3.63) is 59.7 Å². The van der Waals surface area contributed by atoms with Gasteiger partial charge >= 0.3 is 0 Å². The second-order valence-corrected chi connectivity index (χ2v) is 6.38. The van der Waals surface area contributed by atoms with Crippen molar-refractivity contribution in [3.63, 3.8) is 0 Å². The number of rotatable bonds is 4. The lowest BCUT2D eigenvalue weighted by Gasteiger charge is -2.43. The molecule has 0 fully saturated rings. The zero-order valence-corrected chi connectivity index (χ0v) is 14.5. The van der Waals surface area contributed by atoms with Crippen molar-refractivity contribution in [2.75, 3.05) is 24.3 Å². The van der Waals surface area contributed by atoms with Gasteiger partial charge in [0, 0.05) is 36.6 Å². The van der Waals surface area contributed by atoms with Crippen molar-refractivity contribution >= 4 is 11.4 Å². The average Bonchev–Trinajstić information content (AvgIpc) is 2.60. The molecule has 0 saturated carbocycles. The molecule has 1 aliphatic heterocycles. The second-order valence-electron chi connectivity index (χ2n) is 6.38. The topological polar surface area (TPSA) is 24.5 Å². The summed E-state index contributed by atoms with van der Waals surface area (Å²) in [5.74, 6) is 0. The van der Waals surface area contributed by atoms with E-state index < -0.39 is 0 Å². The zero-order chi connectivity index (χ0) is 16.4. The van der Waals surface area contributed by atoms with Crippen molar-refractivity contribution in [3.8, 4) is 0 Å². The third-order valence-corrected chi connectivity index (χ3v) is 4.90. The normalized spacial score (nSPS) is 18.9. The first-order valence-corrected chi connectivity index (χ1v) is 8.41. The maximum Gasteiger partial charge on any atom is 0.155 e. The van der Waals surface area contributed by atoms with Gasteiger partial charge in [0.2, 0.25) is 0 Å². The van der Waals surface area contributed by atoms with Crippen LogP contribution < -0.4 is 10.2 Å². The number of benzene rings is 2. The fourth-order valence-corrected chi connectivity index (χ4v) is 3.36.